The molecule has 1 heterocycles. The van der Waals surface area contributed by atoms with E-state index in [1.54, 1.807) is 13.8 Å². The zero-order valence-electron chi connectivity index (χ0n) is 11.7. The van der Waals surface area contributed by atoms with Crippen molar-refractivity contribution in [3.8, 4) is 0 Å². The number of aryl methyl sites for hydroxylation is 2. The van der Waals surface area contributed by atoms with Crippen LogP contribution in [0.4, 0.5) is 10.5 Å². The van der Waals surface area contributed by atoms with Crippen molar-refractivity contribution in [2.24, 2.45) is 0 Å². The highest BCUT2D eigenvalue weighted by Crippen LogP contribution is 2.21. The fourth-order valence-electron chi connectivity index (χ4n) is 2.36. The summed E-state index contributed by atoms with van der Waals surface area (Å²) >= 11 is 0. The van der Waals surface area contributed by atoms with Gasteiger partial charge in [-0.3, -0.25) is 0 Å². The number of allylic oxidation sites excluding steroid dienone is 1. The molecule has 0 bridgehead atoms. The quantitative estimate of drug-likeness (QED) is 0.822. The second-order valence-corrected chi connectivity index (χ2v) is 5.04. The molecule has 2 rings (SSSR count). The van der Waals surface area contributed by atoms with E-state index in [0.717, 1.165) is 12.8 Å². The van der Waals surface area contributed by atoms with E-state index in [1.807, 2.05) is 6.92 Å². The summed E-state index contributed by atoms with van der Waals surface area (Å²) in [6, 6.07) is -0.144. The molecule has 0 aliphatic heterocycles. The molecule has 1 atom stereocenters. The van der Waals surface area contributed by atoms with Gasteiger partial charge in [0, 0.05) is 6.04 Å². The number of nitrogens with one attached hydrogen (secondary N) is 2. The van der Waals surface area contributed by atoms with Crippen molar-refractivity contribution in [3.63, 3.8) is 0 Å². The number of amides is 2. The number of rotatable bonds is 3. The summed E-state index contributed by atoms with van der Waals surface area (Å²) in [5.74, 6) is 0.622. The molecule has 1 aromatic heterocycles. The van der Waals surface area contributed by atoms with Crippen LogP contribution in [0.5, 0.6) is 0 Å². The van der Waals surface area contributed by atoms with Crippen molar-refractivity contribution >= 4 is 11.7 Å². The molecule has 0 radical (unpaired) electrons. The number of nitrogens with zero attached hydrogens (tertiary/aromatic N) is 1. The van der Waals surface area contributed by atoms with Gasteiger partial charge in [0.1, 0.15) is 11.4 Å². The van der Waals surface area contributed by atoms with Crippen LogP contribution in [0.1, 0.15) is 44.1 Å². The normalized spacial score (nSPS) is 16.7. The van der Waals surface area contributed by atoms with Crippen molar-refractivity contribution in [1.82, 2.24) is 10.5 Å². The first-order chi connectivity index (χ1) is 9.08. The van der Waals surface area contributed by atoms with Gasteiger partial charge in [0.2, 0.25) is 0 Å². The maximum absolute atomic E-state index is 11.9. The SMILES string of the molecule is Cc1noc(C)c1NC(=O)NC(C)C1=CCCCC1. The predicted octanol–water partition coefficient (Wildman–Crippen LogP) is 3.30. The lowest BCUT2D eigenvalue weighted by Crippen LogP contribution is -2.37. The first-order valence-electron chi connectivity index (χ1n) is 6.77. The molecule has 1 unspecified atom stereocenters. The van der Waals surface area contributed by atoms with E-state index in [-0.39, 0.29) is 12.1 Å². The minimum absolute atomic E-state index is 0.0702. The predicted molar refractivity (Wildman–Crippen MR) is 74.1 cm³/mol. The number of hydrogen-bond donors (Lipinski definition) is 2. The highest BCUT2D eigenvalue weighted by Gasteiger charge is 2.16. The summed E-state index contributed by atoms with van der Waals surface area (Å²) in [4.78, 5) is 11.9. The first kappa shape index (κ1) is 13.6. The van der Waals surface area contributed by atoms with Crippen LogP contribution in [0.3, 0.4) is 0 Å². The molecule has 1 aliphatic rings. The van der Waals surface area contributed by atoms with Crippen LogP contribution in [-0.4, -0.2) is 17.2 Å². The molecule has 0 spiro atoms. The largest absolute Gasteiger partial charge is 0.359 e. The maximum Gasteiger partial charge on any atom is 0.319 e. The Morgan fingerprint density at radius 3 is 2.79 bits per heavy atom. The van der Waals surface area contributed by atoms with Gasteiger partial charge >= 0.3 is 6.03 Å². The second kappa shape index (κ2) is 5.91. The third-order valence-electron chi connectivity index (χ3n) is 3.50. The Morgan fingerprint density at radius 2 is 2.21 bits per heavy atom. The molecule has 0 saturated carbocycles. The van der Waals surface area contributed by atoms with Gasteiger partial charge in [0.25, 0.3) is 0 Å². The Kier molecular flexibility index (Phi) is 4.24. The number of carbonyl (C=O) groups is 1. The maximum atomic E-state index is 11.9. The van der Waals surface area contributed by atoms with E-state index < -0.39 is 0 Å². The zero-order valence-corrected chi connectivity index (χ0v) is 11.7. The second-order valence-electron chi connectivity index (χ2n) is 5.04. The van der Waals surface area contributed by atoms with Crippen LogP contribution < -0.4 is 10.6 Å². The standard InChI is InChI=1S/C14H21N3O2/c1-9(12-7-5-4-6-8-12)15-14(18)16-13-10(2)17-19-11(13)3/h7,9H,4-6,8H2,1-3H3,(H2,15,16,18). The van der Waals surface area contributed by atoms with Crippen LogP contribution in [0, 0.1) is 13.8 Å². The van der Waals surface area contributed by atoms with E-state index in [1.165, 1.54) is 18.4 Å². The molecule has 5 heteroatoms. The average molecular weight is 263 g/mol. The molecule has 0 fully saturated rings. The van der Waals surface area contributed by atoms with E-state index in [2.05, 4.69) is 21.9 Å². The number of hydrogen-bond acceptors (Lipinski definition) is 3. The lowest BCUT2D eigenvalue weighted by atomic mass is 9.95. The monoisotopic (exact) mass is 263 g/mol. The Balaban J connectivity index is 1.92. The minimum Gasteiger partial charge on any atom is -0.359 e. The Hall–Kier alpha value is -1.78. The van der Waals surface area contributed by atoms with E-state index >= 15 is 0 Å². The molecular formula is C14H21N3O2. The number of urea groups is 1. The fraction of sp³-hybridized carbons (Fsp3) is 0.571. The molecule has 0 aromatic carbocycles. The van der Waals surface area contributed by atoms with Crippen LogP contribution >= 0.6 is 0 Å². The third kappa shape index (κ3) is 3.36. The van der Waals surface area contributed by atoms with Gasteiger partial charge in [-0.2, -0.15) is 0 Å². The Morgan fingerprint density at radius 1 is 1.42 bits per heavy atom. The molecule has 19 heavy (non-hydrogen) atoms. The van der Waals surface area contributed by atoms with Gasteiger partial charge in [0.05, 0.1) is 0 Å². The van der Waals surface area contributed by atoms with Gasteiger partial charge in [-0.15, -0.1) is 0 Å². The third-order valence-corrected chi connectivity index (χ3v) is 3.50. The highest BCUT2D eigenvalue weighted by atomic mass is 16.5. The summed E-state index contributed by atoms with van der Waals surface area (Å²) in [5.41, 5.74) is 2.67. The van der Waals surface area contributed by atoms with E-state index in [0.29, 0.717) is 17.1 Å². The molecule has 0 saturated heterocycles. The number of aromatic nitrogens is 1. The molecule has 5 nitrogen and oxygen atoms in total. The van der Waals surface area contributed by atoms with Crippen LogP contribution in [0.2, 0.25) is 0 Å². The highest BCUT2D eigenvalue weighted by molar-refractivity contribution is 5.90. The van der Waals surface area contributed by atoms with Crippen molar-refractivity contribution in [3.05, 3.63) is 23.1 Å². The topological polar surface area (TPSA) is 67.2 Å². The fourth-order valence-corrected chi connectivity index (χ4v) is 2.36. The van der Waals surface area contributed by atoms with Gasteiger partial charge in [0.15, 0.2) is 5.76 Å². The van der Waals surface area contributed by atoms with Crippen molar-refractivity contribution in [2.45, 2.75) is 52.5 Å². The minimum atomic E-state index is -0.214. The summed E-state index contributed by atoms with van der Waals surface area (Å²) in [5, 5.41) is 9.56. The molecule has 1 aromatic rings. The van der Waals surface area contributed by atoms with Gasteiger partial charge in [-0.05, 0) is 46.5 Å². The van der Waals surface area contributed by atoms with E-state index in [9.17, 15) is 4.79 Å². The Labute approximate surface area is 113 Å². The molecule has 104 valence electrons. The van der Waals surface area contributed by atoms with Crippen molar-refractivity contribution in [1.29, 1.82) is 0 Å². The zero-order chi connectivity index (χ0) is 13.8. The smallest absolute Gasteiger partial charge is 0.319 e. The van der Waals surface area contributed by atoms with Gasteiger partial charge in [-0.1, -0.05) is 16.8 Å². The summed E-state index contributed by atoms with van der Waals surface area (Å²) in [6.07, 6.45) is 6.90. The van der Waals surface area contributed by atoms with Crippen molar-refractivity contribution in [2.75, 3.05) is 5.32 Å². The number of anilines is 1. The van der Waals surface area contributed by atoms with E-state index in [4.69, 9.17) is 4.52 Å². The molecule has 2 N–H and O–H groups in total. The summed E-state index contributed by atoms with van der Waals surface area (Å²) in [6.45, 7) is 5.60. The van der Waals surface area contributed by atoms with Gasteiger partial charge < -0.3 is 15.2 Å². The van der Waals surface area contributed by atoms with Crippen molar-refractivity contribution < 1.29 is 9.32 Å². The van der Waals surface area contributed by atoms with Gasteiger partial charge in [-0.25, -0.2) is 4.79 Å². The molecule has 2 amide bonds. The first-order valence-corrected chi connectivity index (χ1v) is 6.77. The van der Waals surface area contributed by atoms with Crippen LogP contribution in [0.15, 0.2) is 16.2 Å². The lowest BCUT2D eigenvalue weighted by molar-refractivity contribution is 0.250. The summed E-state index contributed by atoms with van der Waals surface area (Å²) in [7, 11) is 0. The number of carbonyl (C=O) groups excluding carboxylic acids is 1. The van der Waals surface area contributed by atoms with Crippen LogP contribution in [-0.2, 0) is 0 Å². The lowest BCUT2D eigenvalue weighted by Gasteiger charge is -2.21. The molecule has 1 aliphatic carbocycles. The average Bonchev–Trinajstić information content (AvgIpc) is 2.71. The Bertz CT molecular complexity index is 471. The summed E-state index contributed by atoms with van der Waals surface area (Å²) < 4.78 is 5.01. The molecular weight excluding hydrogens is 242 g/mol. The van der Waals surface area contributed by atoms with Crippen LogP contribution in [0.25, 0.3) is 0 Å².